The second-order valence-electron chi connectivity index (χ2n) is 8.05. The van der Waals surface area contributed by atoms with Crippen molar-refractivity contribution in [1.29, 1.82) is 0 Å². The Morgan fingerprint density at radius 3 is 2.29 bits per heavy atom. The first kappa shape index (κ1) is 28.1. The molecule has 0 saturated heterocycles. The molecule has 0 unspecified atom stereocenters. The van der Waals surface area contributed by atoms with E-state index in [0.717, 1.165) is 61.6 Å². The lowest BCUT2D eigenvalue weighted by molar-refractivity contribution is 0.248. The van der Waals surface area contributed by atoms with Gasteiger partial charge in [-0.15, -0.1) is 24.0 Å². The van der Waals surface area contributed by atoms with Crippen LogP contribution in [0.25, 0.3) is 0 Å². The van der Waals surface area contributed by atoms with Crippen molar-refractivity contribution >= 4 is 47.3 Å². The summed E-state index contributed by atoms with van der Waals surface area (Å²) in [4.78, 5) is 14.5. The number of hydrogen-bond acceptors (Lipinski definition) is 2. The Hall–Kier alpha value is -2.16. The van der Waals surface area contributed by atoms with Crippen LogP contribution in [0.5, 0.6) is 0 Å². The molecule has 0 bridgehead atoms. The standard InChI is InChI=1S/C27H31ClFN3O.HI/c28-24-14-12-22(13-15-24)16-20-32(18-5-8-23-7-4-9-25(29)21-23)19-6-17-30-27(33)31-26-10-2-1-3-11-26;/h1-4,7,9-15,21H,5-6,8,16-20H2,(H2,30,31,33);1H. The van der Waals surface area contributed by atoms with Crippen LogP contribution >= 0.6 is 35.6 Å². The van der Waals surface area contributed by atoms with Gasteiger partial charge in [0.2, 0.25) is 0 Å². The third kappa shape index (κ3) is 10.8. The van der Waals surface area contributed by atoms with E-state index in [1.165, 1.54) is 11.6 Å². The van der Waals surface area contributed by atoms with Gasteiger partial charge in [0, 0.05) is 23.8 Å². The molecule has 182 valence electrons. The lowest BCUT2D eigenvalue weighted by atomic mass is 10.1. The predicted molar refractivity (Wildman–Crippen MR) is 150 cm³/mol. The van der Waals surface area contributed by atoms with Gasteiger partial charge in [-0.1, -0.05) is 54.1 Å². The maximum Gasteiger partial charge on any atom is 0.319 e. The minimum Gasteiger partial charge on any atom is -0.338 e. The molecule has 3 aromatic rings. The van der Waals surface area contributed by atoms with E-state index in [4.69, 9.17) is 11.6 Å². The summed E-state index contributed by atoms with van der Waals surface area (Å²) in [7, 11) is 0. The summed E-state index contributed by atoms with van der Waals surface area (Å²) in [6.07, 6.45) is 3.57. The number of rotatable bonds is 12. The van der Waals surface area contributed by atoms with Gasteiger partial charge in [0.25, 0.3) is 0 Å². The van der Waals surface area contributed by atoms with Gasteiger partial charge in [0.1, 0.15) is 5.82 Å². The van der Waals surface area contributed by atoms with Crippen LogP contribution in [0.3, 0.4) is 0 Å². The number of aryl methyl sites for hydroxylation is 1. The smallest absolute Gasteiger partial charge is 0.319 e. The summed E-state index contributed by atoms with van der Waals surface area (Å²) in [6.45, 7) is 3.31. The lowest BCUT2D eigenvalue weighted by Gasteiger charge is -2.22. The lowest BCUT2D eigenvalue weighted by Crippen LogP contribution is -2.34. The predicted octanol–water partition coefficient (Wildman–Crippen LogP) is 6.79. The molecule has 3 aromatic carbocycles. The van der Waals surface area contributed by atoms with Crippen LogP contribution in [0.1, 0.15) is 24.0 Å². The largest absolute Gasteiger partial charge is 0.338 e. The van der Waals surface area contributed by atoms with Crippen LogP contribution in [-0.2, 0) is 12.8 Å². The van der Waals surface area contributed by atoms with Gasteiger partial charge in [-0.3, -0.25) is 0 Å². The number of hydrogen-bond donors (Lipinski definition) is 2. The summed E-state index contributed by atoms with van der Waals surface area (Å²) in [5.74, 6) is -0.188. The molecule has 34 heavy (non-hydrogen) atoms. The average molecular weight is 596 g/mol. The van der Waals surface area contributed by atoms with Crippen molar-refractivity contribution in [3.8, 4) is 0 Å². The van der Waals surface area contributed by atoms with Crippen LogP contribution in [0, 0.1) is 5.82 Å². The summed E-state index contributed by atoms with van der Waals surface area (Å²) in [5.41, 5.74) is 3.04. The van der Waals surface area contributed by atoms with Crippen LogP contribution in [0.2, 0.25) is 5.02 Å². The van der Waals surface area contributed by atoms with Crippen LogP contribution < -0.4 is 10.6 Å². The molecule has 0 atom stereocenters. The second kappa shape index (κ2) is 15.7. The third-order valence-electron chi connectivity index (χ3n) is 5.43. The monoisotopic (exact) mass is 595 g/mol. The molecule has 0 fully saturated rings. The fraction of sp³-hybridized carbons (Fsp3) is 0.296. The normalized spacial score (nSPS) is 10.6. The number of urea groups is 1. The number of amides is 2. The average Bonchev–Trinajstić information content (AvgIpc) is 2.81. The molecule has 4 nitrogen and oxygen atoms in total. The molecule has 0 aliphatic rings. The highest BCUT2D eigenvalue weighted by Crippen LogP contribution is 2.12. The number of nitrogens with zero attached hydrogens (tertiary/aromatic N) is 1. The SMILES string of the molecule is I.O=C(NCCCN(CCCc1cccc(F)c1)CCc1ccc(Cl)cc1)Nc1ccccc1. The van der Waals surface area contributed by atoms with E-state index in [0.29, 0.717) is 6.54 Å². The molecule has 0 aliphatic carbocycles. The zero-order valence-corrected chi connectivity index (χ0v) is 22.3. The van der Waals surface area contributed by atoms with Crippen molar-refractivity contribution in [2.45, 2.75) is 25.7 Å². The highest BCUT2D eigenvalue weighted by molar-refractivity contribution is 14.0. The summed E-state index contributed by atoms with van der Waals surface area (Å²) < 4.78 is 13.4. The highest BCUT2D eigenvalue weighted by Gasteiger charge is 2.07. The van der Waals surface area contributed by atoms with E-state index in [9.17, 15) is 9.18 Å². The first-order chi connectivity index (χ1) is 16.1. The van der Waals surface area contributed by atoms with E-state index in [-0.39, 0.29) is 35.8 Å². The Morgan fingerprint density at radius 2 is 1.56 bits per heavy atom. The minimum atomic E-state index is -0.194. The van der Waals surface area contributed by atoms with Crippen molar-refractivity contribution in [1.82, 2.24) is 10.2 Å². The van der Waals surface area contributed by atoms with Gasteiger partial charge in [-0.05, 0) is 86.3 Å². The van der Waals surface area contributed by atoms with Crippen molar-refractivity contribution in [3.05, 3.63) is 101 Å². The molecule has 7 heteroatoms. The van der Waals surface area contributed by atoms with Gasteiger partial charge >= 0.3 is 6.03 Å². The molecular formula is C27H32ClFIN3O. The number of nitrogens with one attached hydrogen (secondary N) is 2. The molecule has 0 aromatic heterocycles. The first-order valence-electron chi connectivity index (χ1n) is 11.4. The van der Waals surface area contributed by atoms with Gasteiger partial charge < -0.3 is 15.5 Å². The number of carbonyl (C=O) groups excluding carboxylic acids is 1. The van der Waals surface area contributed by atoms with E-state index in [1.807, 2.05) is 48.5 Å². The fourth-order valence-corrected chi connectivity index (χ4v) is 3.80. The van der Waals surface area contributed by atoms with E-state index >= 15 is 0 Å². The summed E-state index contributed by atoms with van der Waals surface area (Å²) >= 11 is 6.00. The Morgan fingerprint density at radius 1 is 0.824 bits per heavy atom. The zero-order valence-electron chi connectivity index (χ0n) is 19.2. The van der Waals surface area contributed by atoms with Crippen molar-refractivity contribution in [2.24, 2.45) is 0 Å². The summed E-state index contributed by atoms with van der Waals surface area (Å²) in [6, 6.07) is 24.0. The Balaban J connectivity index is 0.00000408. The second-order valence-corrected chi connectivity index (χ2v) is 8.49. The molecule has 0 saturated carbocycles. The van der Waals surface area contributed by atoms with Gasteiger partial charge in [-0.2, -0.15) is 0 Å². The Labute approximate surface area is 223 Å². The Kier molecular flexibility index (Phi) is 13.0. The van der Waals surface area contributed by atoms with Crippen molar-refractivity contribution in [2.75, 3.05) is 31.5 Å². The molecule has 0 spiro atoms. The minimum absolute atomic E-state index is 0. The molecule has 0 aliphatic heterocycles. The first-order valence-corrected chi connectivity index (χ1v) is 11.8. The molecule has 0 radical (unpaired) electrons. The molecule has 0 heterocycles. The molecule has 3 rings (SSSR count). The van der Waals surface area contributed by atoms with Gasteiger partial charge in [-0.25, -0.2) is 9.18 Å². The fourth-order valence-electron chi connectivity index (χ4n) is 3.67. The molecule has 2 N–H and O–H groups in total. The molecule has 2 amide bonds. The van der Waals surface area contributed by atoms with Gasteiger partial charge in [0.15, 0.2) is 0 Å². The van der Waals surface area contributed by atoms with Crippen LogP contribution in [0.4, 0.5) is 14.9 Å². The number of anilines is 1. The Bertz CT molecular complexity index is 989. The highest BCUT2D eigenvalue weighted by atomic mass is 127. The number of benzene rings is 3. The van der Waals surface area contributed by atoms with Gasteiger partial charge in [0.05, 0.1) is 0 Å². The third-order valence-corrected chi connectivity index (χ3v) is 5.68. The van der Waals surface area contributed by atoms with Crippen LogP contribution in [0.15, 0.2) is 78.9 Å². The van der Waals surface area contributed by atoms with Crippen molar-refractivity contribution < 1.29 is 9.18 Å². The number of halogens is 3. The van der Waals surface area contributed by atoms with E-state index in [2.05, 4.69) is 27.7 Å². The summed E-state index contributed by atoms with van der Waals surface area (Å²) in [5, 5.41) is 6.50. The maximum absolute atomic E-state index is 13.4. The topological polar surface area (TPSA) is 44.4 Å². The quantitative estimate of drug-likeness (QED) is 0.179. The number of para-hydroxylation sites is 1. The van der Waals surface area contributed by atoms with E-state index < -0.39 is 0 Å². The molecular weight excluding hydrogens is 564 g/mol. The van der Waals surface area contributed by atoms with E-state index in [1.54, 1.807) is 12.1 Å². The number of carbonyl (C=O) groups is 1. The van der Waals surface area contributed by atoms with Crippen LogP contribution in [-0.4, -0.2) is 37.1 Å². The van der Waals surface area contributed by atoms with Crippen molar-refractivity contribution in [3.63, 3.8) is 0 Å². The maximum atomic E-state index is 13.4. The zero-order chi connectivity index (χ0) is 23.3.